The van der Waals surface area contributed by atoms with Crippen molar-refractivity contribution >= 4 is 40.7 Å². The van der Waals surface area contributed by atoms with Gasteiger partial charge >= 0.3 is 0 Å². The predicted octanol–water partition coefficient (Wildman–Crippen LogP) is 4.41. The minimum absolute atomic E-state index is 0.534. The molecule has 0 aliphatic heterocycles. The number of halogens is 2. The van der Waals surface area contributed by atoms with Crippen LogP contribution in [0.15, 0.2) is 24.3 Å². The minimum atomic E-state index is 0.534. The maximum atomic E-state index is 5.98. The molecular formula is C14H14Cl2N4. The second-order valence-corrected chi connectivity index (χ2v) is 5.79. The summed E-state index contributed by atoms with van der Waals surface area (Å²) >= 11 is 12.0. The van der Waals surface area contributed by atoms with Crippen molar-refractivity contribution in [1.82, 2.24) is 9.97 Å². The smallest absolute Gasteiger partial charge is 0.229 e. The highest BCUT2D eigenvalue weighted by atomic mass is 35.5. The van der Waals surface area contributed by atoms with Gasteiger partial charge in [-0.25, -0.2) is 4.98 Å². The standard InChI is InChI=1S/C14H14Cl2N4/c1-8-4-13(18-11-2-3-11)20-14(17-8)19-12-6-9(15)5-10(16)7-12/h4-7,11H,2-3H2,1H3,(H2,17,18,19,20). The average Bonchev–Trinajstić information content (AvgIpc) is 3.10. The van der Waals surface area contributed by atoms with Crippen LogP contribution in [-0.4, -0.2) is 16.0 Å². The average molecular weight is 309 g/mol. The van der Waals surface area contributed by atoms with Gasteiger partial charge in [0.05, 0.1) is 0 Å². The third-order valence-corrected chi connectivity index (χ3v) is 3.34. The molecule has 0 bridgehead atoms. The number of hydrogen-bond donors (Lipinski definition) is 2. The number of rotatable bonds is 4. The van der Waals surface area contributed by atoms with Gasteiger partial charge in [0.25, 0.3) is 0 Å². The van der Waals surface area contributed by atoms with Crippen LogP contribution in [0, 0.1) is 6.92 Å². The molecule has 3 rings (SSSR count). The van der Waals surface area contributed by atoms with Gasteiger partial charge in [-0.3, -0.25) is 0 Å². The van der Waals surface area contributed by atoms with E-state index in [2.05, 4.69) is 20.6 Å². The lowest BCUT2D eigenvalue weighted by molar-refractivity contribution is 1.06. The molecule has 104 valence electrons. The van der Waals surface area contributed by atoms with E-state index in [0.717, 1.165) is 17.2 Å². The first-order valence-electron chi connectivity index (χ1n) is 6.44. The number of aryl methyl sites for hydroxylation is 1. The van der Waals surface area contributed by atoms with Gasteiger partial charge in [0, 0.05) is 33.5 Å². The van der Waals surface area contributed by atoms with Crippen LogP contribution in [0.25, 0.3) is 0 Å². The largest absolute Gasteiger partial charge is 0.367 e. The van der Waals surface area contributed by atoms with Crippen molar-refractivity contribution in [2.24, 2.45) is 0 Å². The Hall–Kier alpha value is -1.52. The van der Waals surface area contributed by atoms with E-state index in [0.29, 0.717) is 22.0 Å². The van der Waals surface area contributed by atoms with Gasteiger partial charge in [0.2, 0.25) is 5.95 Å². The fourth-order valence-corrected chi connectivity index (χ4v) is 2.42. The summed E-state index contributed by atoms with van der Waals surface area (Å²) in [6.07, 6.45) is 2.41. The first kappa shape index (κ1) is 13.5. The molecule has 0 atom stereocenters. The van der Waals surface area contributed by atoms with Crippen molar-refractivity contribution in [2.45, 2.75) is 25.8 Å². The van der Waals surface area contributed by atoms with E-state index in [4.69, 9.17) is 23.2 Å². The van der Waals surface area contributed by atoms with Crippen molar-refractivity contribution in [3.8, 4) is 0 Å². The van der Waals surface area contributed by atoms with E-state index in [1.165, 1.54) is 12.8 Å². The predicted molar refractivity (Wildman–Crippen MR) is 83.2 cm³/mol. The van der Waals surface area contributed by atoms with Crippen molar-refractivity contribution in [1.29, 1.82) is 0 Å². The van der Waals surface area contributed by atoms with Gasteiger partial charge in [-0.1, -0.05) is 23.2 Å². The van der Waals surface area contributed by atoms with Crippen LogP contribution in [0.4, 0.5) is 17.5 Å². The summed E-state index contributed by atoms with van der Waals surface area (Å²) in [7, 11) is 0. The summed E-state index contributed by atoms with van der Waals surface area (Å²) in [4.78, 5) is 8.82. The molecule has 1 fully saturated rings. The highest BCUT2D eigenvalue weighted by Crippen LogP contribution is 2.26. The van der Waals surface area contributed by atoms with Gasteiger partial charge in [0.1, 0.15) is 5.82 Å². The van der Waals surface area contributed by atoms with Crippen LogP contribution in [0.3, 0.4) is 0 Å². The maximum absolute atomic E-state index is 5.98. The van der Waals surface area contributed by atoms with Gasteiger partial charge in [-0.2, -0.15) is 4.98 Å². The Kier molecular flexibility index (Phi) is 3.68. The quantitative estimate of drug-likeness (QED) is 0.878. The third-order valence-electron chi connectivity index (χ3n) is 2.90. The Morgan fingerprint density at radius 1 is 1.05 bits per heavy atom. The van der Waals surface area contributed by atoms with E-state index in [1.54, 1.807) is 18.2 Å². The van der Waals surface area contributed by atoms with Crippen molar-refractivity contribution in [3.63, 3.8) is 0 Å². The zero-order valence-electron chi connectivity index (χ0n) is 11.0. The molecule has 1 aliphatic carbocycles. The van der Waals surface area contributed by atoms with Crippen LogP contribution in [0.2, 0.25) is 10.0 Å². The van der Waals surface area contributed by atoms with Crippen LogP contribution < -0.4 is 10.6 Å². The minimum Gasteiger partial charge on any atom is -0.367 e. The zero-order chi connectivity index (χ0) is 14.1. The summed E-state index contributed by atoms with van der Waals surface area (Å²) in [5.41, 5.74) is 1.67. The molecule has 1 aliphatic rings. The molecule has 0 unspecified atom stereocenters. The lowest BCUT2D eigenvalue weighted by atomic mass is 10.3. The molecule has 1 aromatic heterocycles. The van der Waals surface area contributed by atoms with Crippen LogP contribution in [0.5, 0.6) is 0 Å². The highest BCUT2D eigenvalue weighted by molar-refractivity contribution is 6.35. The Bertz CT molecular complexity index is 621. The van der Waals surface area contributed by atoms with Crippen molar-refractivity contribution < 1.29 is 0 Å². The van der Waals surface area contributed by atoms with Crippen LogP contribution in [-0.2, 0) is 0 Å². The van der Waals surface area contributed by atoms with Gasteiger partial charge in [-0.05, 0) is 38.0 Å². The number of hydrogen-bond acceptors (Lipinski definition) is 4. The van der Waals surface area contributed by atoms with E-state index in [1.807, 2.05) is 13.0 Å². The fraction of sp³-hybridized carbons (Fsp3) is 0.286. The summed E-state index contributed by atoms with van der Waals surface area (Å²) in [5.74, 6) is 1.38. The summed E-state index contributed by atoms with van der Waals surface area (Å²) in [6, 6.07) is 7.75. The molecular weight excluding hydrogens is 295 g/mol. The normalized spacial score (nSPS) is 14.2. The molecule has 2 N–H and O–H groups in total. The SMILES string of the molecule is Cc1cc(NC2CC2)nc(Nc2cc(Cl)cc(Cl)c2)n1. The van der Waals surface area contributed by atoms with E-state index in [-0.39, 0.29) is 0 Å². The molecule has 0 radical (unpaired) electrons. The van der Waals surface area contributed by atoms with Gasteiger partial charge < -0.3 is 10.6 Å². The van der Waals surface area contributed by atoms with Crippen LogP contribution in [0.1, 0.15) is 18.5 Å². The number of anilines is 3. The monoisotopic (exact) mass is 308 g/mol. The first-order valence-corrected chi connectivity index (χ1v) is 7.19. The topological polar surface area (TPSA) is 49.8 Å². The Morgan fingerprint density at radius 2 is 1.75 bits per heavy atom. The van der Waals surface area contributed by atoms with Crippen molar-refractivity contribution in [2.75, 3.05) is 10.6 Å². The highest BCUT2D eigenvalue weighted by Gasteiger charge is 2.21. The molecule has 1 saturated carbocycles. The molecule has 0 spiro atoms. The second-order valence-electron chi connectivity index (χ2n) is 4.92. The number of aromatic nitrogens is 2. The molecule has 1 heterocycles. The van der Waals surface area contributed by atoms with Gasteiger partial charge in [0.15, 0.2) is 0 Å². The molecule has 2 aromatic rings. The van der Waals surface area contributed by atoms with E-state index in [9.17, 15) is 0 Å². The maximum Gasteiger partial charge on any atom is 0.229 e. The second kappa shape index (κ2) is 5.46. The zero-order valence-corrected chi connectivity index (χ0v) is 12.5. The Morgan fingerprint density at radius 3 is 2.40 bits per heavy atom. The van der Waals surface area contributed by atoms with E-state index < -0.39 is 0 Å². The molecule has 1 aromatic carbocycles. The molecule has 0 saturated heterocycles. The summed E-state index contributed by atoms with van der Waals surface area (Å²) in [5, 5.41) is 7.64. The fourth-order valence-electron chi connectivity index (χ4n) is 1.89. The lowest BCUT2D eigenvalue weighted by Crippen LogP contribution is -2.06. The summed E-state index contributed by atoms with van der Waals surface area (Å²) in [6.45, 7) is 1.94. The Balaban J connectivity index is 1.83. The van der Waals surface area contributed by atoms with Crippen LogP contribution >= 0.6 is 23.2 Å². The number of nitrogens with one attached hydrogen (secondary N) is 2. The van der Waals surface area contributed by atoms with Crippen molar-refractivity contribution in [3.05, 3.63) is 40.0 Å². The first-order chi connectivity index (χ1) is 9.58. The molecule has 6 heteroatoms. The number of benzene rings is 1. The lowest BCUT2D eigenvalue weighted by Gasteiger charge is -2.10. The Labute approximate surface area is 127 Å². The number of nitrogens with zero attached hydrogens (tertiary/aromatic N) is 2. The molecule has 4 nitrogen and oxygen atoms in total. The molecule has 0 amide bonds. The summed E-state index contributed by atoms with van der Waals surface area (Å²) < 4.78 is 0. The third kappa shape index (κ3) is 3.52. The van der Waals surface area contributed by atoms with Gasteiger partial charge in [-0.15, -0.1) is 0 Å². The van der Waals surface area contributed by atoms with E-state index >= 15 is 0 Å². The molecule has 20 heavy (non-hydrogen) atoms.